The van der Waals surface area contributed by atoms with Gasteiger partial charge in [-0.25, -0.2) is 18.5 Å². The van der Waals surface area contributed by atoms with Crippen molar-refractivity contribution in [2.75, 3.05) is 0 Å². The van der Waals surface area contributed by atoms with Crippen molar-refractivity contribution >= 4 is 64.8 Å². The van der Waals surface area contributed by atoms with E-state index < -0.39 is 31.8 Å². The maximum atomic E-state index is 13.8. The van der Waals surface area contributed by atoms with Gasteiger partial charge in [0.05, 0.1) is 31.7 Å². The van der Waals surface area contributed by atoms with Crippen molar-refractivity contribution in [2.24, 2.45) is 5.14 Å². The Labute approximate surface area is 231 Å². The fourth-order valence-electron chi connectivity index (χ4n) is 3.63. The van der Waals surface area contributed by atoms with Gasteiger partial charge in [-0.3, -0.25) is 0 Å². The van der Waals surface area contributed by atoms with E-state index in [1.165, 1.54) is 12.1 Å². The molecule has 5 aromatic rings. The van der Waals surface area contributed by atoms with Crippen LogP contribution in [0.4, 0.5) is 0 Å². The minimum absolute atomic E-state index is 0.0307. The van der Waals surface area contributed by atoms with E-state index in [1.807, 2.05) is 22.9 Å². The number of hydrogen-bond donors (Lipinski definition) is 2. The normalized spacial score (nSPS) is 13.1. The Morgan fingerprint density at radius 3 is 2.34 bits per heavy atom. The van der Waals surface area contributed by atoms with Crippen LogP contribution in [0.15, 0.2) is 76.0 Å². The van der Waals surface area contributed by atoms with Crippen LogP contribution in [0.2, 0.25) is 10.0 Å². The minimum atomic E-state index is -4.10. The Balaban J connectivity index is 1.60. The van der Waals surface area contributed by atoms with Crippen LogP contribution in [0, 0.1) is 0 Å². The molecule has 0 aliphatic rings. The molecule has 10 nitrogen and oxygen atoms in total. The Morgan fingerprint density at radius 1 is 0.921 bits per heavy atom. The van der Waals surface area contributed by atoms with Gasteiger partial charge in [-0.15, -0.1) is 21.5 Å². The molecule has 0 aliphatic carbocycles. The largest absolute Gasteiger partial charge is 0.422 e. The number of rotatable bonds is 8. The highest BCUT2D eigenvalue weighted by Gasteiger charge is 2.38. The van der Waals surface area contributed by atoms with Crippen molar-refractivity contribution in [1.29, 1.82) is 0 Å². The van der Waals surface area contributed by atoms with E-state index in [1.54, 1.807) is 36.4 Å². The quantitative estimate of drug-likeness (QED) is 0.260. The molecule has 3 N–H and O–H groups in total. The number of thiazole rings is 1. The van der Waals surface area contributed by atoms with E-state index in [2.05, 4.69) is 15.2 Å². The summed E-state index contributed by atoms with van der Waals surface area (Å²) in [6.45, 7) is -0.406. The van der Waals surface area contributed by atoms with Crippen molar-refractivity contribution < 1.29 is 21.3 Å². The zero-order valence-electron chi connectivity index (χ0n) is 19.1. The molecule has 0 saturated carbocycles. The third kappa shape index (κ3) is 5.59. The SMILES string of the molecule is NS(=O)(=O)NCc1nnc(C(c2nc3ccc(-c4ccc(Cl)c(Cl)c4)cc3s2)S(=O)(=O)c2ccccc2)o1. The fraction of sp³-hybridized carbons (Fsp3) is 0.0870. The highest BCUT2D eigenvalue weighted by Crippen LogP contribution is 2.39. The average Bonchev–Trinajstić information content (AvgIpc) is 3.51. The lowest BCUT2D eigenvalue weighted by Gasteiger charge is -2.12. The lowest BCUT2D eigenvalue weighted by molar-refractivity contribution is 0.443. The molecule has 3 aromatic carbocycles. The molecule has 196 valence electrons. The second-order valence-electron chi connectivity index (χ2n) is 8.00. The standard InChI is InChI=1S/C23H17Cl2N5O5S3/c24-16-8-6-13(10-17(16)25)14-7-9-18-19(11-14)36-23(28-18)21(37(31,32)15-4-2-1-3-5-15)22-30-29-20(35-22)12-27-38(26,33)34/h1-11,21,27H,12H2,(H2,26,33,34). The summed E-state index contributed by atoms with van der Waals surface area (Å²) in [6.07, 6.45) is 0. The van der Waals surface area contributed by atoms with E-state index in [4.69, 9.17) is 32.8 Å². The van der Waals surface area contributed by atoms with E-state index in [-0.39, 0.29) is 21.7 Å². The minimum Gasteiger partial charge on any atom is -0.422 e. The summed E-state index contributed by atoms with van der Waals surface area (Å²) in [6, 6.07) is 18.6. The lowest BCUT2D eigenvalue weighted by atomic mass is 10.1. The Bertz CT molecular complexity index is 1860. The van der Waals surface area contributed by atoms with Gasteiger partial charge >= 0.3 is 0 Å². The van der Waals surface area contributed by atoms with Gasteiger partial charge in [0.1, 0.15) is 5.01 Å². The zero-order valence-corrected chi connectivity index (χ0v) is 23.0. The summed E-state index contributed by atoms with van der Waals surface area (Å²) in [4.78, 5) is 4.61. The number of nitrogens with two attached hydrogens (primary N) is 1. The molecule has 0 amide bonds. The lowest BCUT2D eigenvalue weighted by Crippen LogP contribution is -2.30. The van der Waals surface area contributed by atoms with Gasteiger partial charge in [0.2, 0.25) is 11.8 Å². The number of sulfone groups is 1. The van der Waals surface area contributed by atoms with Crippen LogP contribution < -0.4 is 9.86 Å². The molecule has 2 heterocycles. The monoisotopic (exact) mass is 609 g/mol. The third-order valence-corrected chi connectivity index (χ3v) is 9.89. The molecule has 0 fully saturated rings. The van der Waals surface area contributed by atoms with E-state index in [9.17, 15) is 16.8 Å². The van der Waals surface area contributed by atoms with E-state index >= 15 is 0 Å². The van der Waals surface area contributed by atoms with E-state index in [0.717, 1.165) is 22.5 Å². The number of benzene rings is 3. The van der Waals surface area contributed by atoms with Gasteiger partial charge in [0, 0.05) is 0 Å². The number of halogens is 2. The molecular formula is C23H17Cl2N5O5S3. The second kappa shape index (κ2) is 10.3. The first kappa shape index (κ1) is 26.7. The Hall–Kier alpha value is -2.91. The number of nitrogens with zero attached hydrogens (tertiary/aromatic N) is 3. The summed E-state index contributed by atoms with van der Waals surface area (Å²) < 4.78 is 58.3. The summed E-state index contributed by atoms with van der Waals surface area (Å²) in [5, 5.41) is 12.2. The number of fused-ring (bicyclic) bond motifs is 1. The molecule has 0 saturated heterocycles. The highest BCUT2D eigenvalue weighted by atomic mass is 35.5. The van der Waals surface area contributed by atoms with Crippen molar-refractivity contribution in [1.82, 2.24) is 19.9 Å². The number of nitrogens with one attached hydrogen (secondary N) is 1. The van der Waals surface area contributed by atoms with Crippen molar-refractivity contribution in [3.63, 3.8) is 0 Å². The molecule has 1 atom stereocenters. The van der Waals surface area contributed by atoms with Crippen LogP contribution in [0.5, 0.6) is 0 Å². The summed E-state index contributed by atoms with van der Waals surface area (Å²) in [7, 11) is -8.13. The predicted molar refractivity (Wildman–Crippen MR) is 145 cm³/mol. The Kier molecular flexibility index (Phi) is 7.26. The maximum absolute atomic E-state index is 13.8. The smallest absolute Gasteiger partial charge is 0.274 e. The average molecular weight is 611 g/mol. The van der Waals surface area contributed by atoms with Crippen LogP contribution in [0.1, 0.15) is 22.0 Å². The third-order valence-electron chi connectivity index (χ3n) is 5.40. The first-order chi connectivity index (χ1) is 18.0. The van der Waals surface area contributed by atoms with Crippen LogP contribution in [-0.2, 0) is 26.6 Å². The number of aromatic nitrogens is 3. The molecule has 0 spiro atoms. The Morgan fingerprint density at radius 2 is 1.63 bits per heavy atom. The first-order valence-electron chi connectivity index (χ1n) is 10.8. The topological polar surface area (TPSA) is 158 Å². The molecular weight excluding hydrogens is 593 g/mol. The van der Waals surface area contributed by atoms with E-state index in [0.29, 0.717) is 20.3 Å². The molecule has 0 aliphatic heterocycles. The maximum Gasteiger partial charge on any atom is 0.274 e. The van der Waals surface area contributed by atoms with Gasteiger partial charge in [-0.2, -0.15) is 13.1 Å². The van der Waals surface area contributed by atoms with Crippen molar-refractivity contribution in [3.05, 3.63) is 93.6 Å². The molecule has 1 unspecified atom stereocenters. The van der Waals surface area contributed by atoms with Gasteiger partial charge in [0.15, 0.2) is 15.1 Å². The van der Waals surface area contributed by atoms with Gasteiger partial charge < -0.3 is 4.42 Å². The zero-order chi connectivity index (χ0) is 27.1. The van der Waals surface area contributed by atoms with Crippen molar-refractivity contribution in [2.45, 2.75) is 16.7 Å². The summed E-state index contributed by atoms with van der Waals surface area (Å²) in [5.41, 5.74) is 2.23. The molecule has 38 heavy (non-hydrogen) atoms. The van der Waals surface area contributed by atoms with Gasteiger partial charge in [0.25, 0.3) is 10.2 Å². The van der Waals surface area contributed by atoms with Gasteiger partial charge in [-0.1, -0.05) is 53.5 Å². The van der Waals surface area contributed by atoms with Gasteiger partial charge in [-0.05, 0) is 47.5 Å². The molecule has 0 bridgehead atoms. The molecule has 5 rings (SSSR count). The molecule has 15 heteroatoms. The van der Waals surface area contributed by atoms with Crippen LogP contribution in [0.25, 0.3) is 21.3 Å². The second-order valence-corrected chi connectivity index (χ2v) is 13.3. The molecule has 2 aromatic heterocycles. The molecule has 0 radical (unpaired) electrons. The van der Waals surface area contributed by atoms with Crippen LogP contribution >= 0.6 is 34.5 Å². The fourth-order valence-corrected chi connectivity index (χ4v) is 7.25. The van der Waals surface area contributed by atoms with Crippen LogP contribution in [0.3, 0.4) is 0 Å². The number of hydrogen-bond acceptors (Lipinski definition) is 9. The van der Waals surface area contributed by atoms with Crippen LogP contribution in [-0.4, -0.2) is 32.0 Å². The first-order valence-corrected chi connectivity index (χ1v) is 15.4. The summed E-state index contributed by atoms with van der Waals surface area (Å²) >= 11 is 13.4. The summed E-state index contributed by atoms with van der Waals surface area (Å²) in [5.74, 6) is -0.422. The van der Waals surface area contributed by atoms with Crippen molar-refractivity contribution in [3.8, 4) is 11.1 Å². The highest BCUT2D eigenvalue weighted by molar-refractivity contribution is 7.92. The predicted octanol–water partition coefficient (Wildman–Crippen LogP) is 4.51.